The summed E-state index contributed by atoms with van der Waals surface area (Å²) in [6.07, 6.45) is 3.66. The summed E-state index contributed by atoms with van der Waals surface area (Å²) in [5, 5.41) is 11.6. The maximum absolute atomic E-state index is 11.9. The molecule has 0 radical (unpaired) electrons. The number of rotatable bonds is 6. The van der Waals surface area contributed by atoms with Gasteiger partial charge in [-0.25, -0.2) is 4.79 Å². The van der Waals surface area contributed by atoms with Crippen LogP contribution in [0.2, 0.25) is 0 Å². The number of hydrogen-bond acceptors (Lipinski definition) is 3. The van der Waals surface area contributed by atoms with Gasteiger partial charge in [0.05, 0.1) is 0 Å². The molecule has 0 spiro atoms. The van der Waals surface area contributed by atoms with Crippen molar-refractivity contribution < 1.29 is 19.4 Å². The molecule has 0 aromatic rings. The molecule has 0 aliphatic carbocycles. The highest BCUT2D eigenvalue weighted by molar-refractivity contribution is 5.89. The average Bonchev–Trinajstić information content (AvgIpc) is 2.72. The summed E-state index contributed by atoms with van der Waals surface area (Å²) in [6, 6.07) is -0.802. The monoisotopic (exact) mass is 243 g/mol. The number of carbonyl (C=O) groups is 2. The lowest BCUT2D eigenvalue weighted by Crippen LogP contribution is -2.50. The molecule has 2 N–H and O–H groups in total. The predicted octanol–water partition coefficient (Wildman–Crippen LogP) is 1.32. The van der Waals surface area contributed by atoms with E-state index in [9.17, 15) is 9.59 Å². The first-order valence-electron chi connectivity index (χ1n) is 6.17. The fraction of sp³-hybridized carbons (Fsp3) is 0.833. The molecule has 1 saturated heterocycles. The van der Waals surface area contributed by atoms with Crippen LogP contribution in [-0.4, -0.2) is 35.2 Å². The Morgan fingerprint density at radius 3 is 2.71 bits per heavy atom. The number of unbranched alkanes of at least 4 members (excludes halogenated alkanes) is 1. The normalized spacial score (nSPS) is 25.5. The van der Waals surface area contributed by atoms with E-state index in [1.165, 1.54) is 0 Å². The molecule has 1 rings (SSSR count). The number of nitrogens with one attached hydrogen (secondary N) is 1. The molecule has 0 aromatic carbocycles. The van der Waals surface area contributed by atoms with Crippen LogP contribution in [0, 0.1) is 0 Å². The quantitative estimate of drug-likeness (QED) is 0.737. The van der Waals surface area contributed by atoms with Crippen LogP contribution in [0.1, 0.15) is 46.0 Å². The molecular formula is C12H21NO4. The van der Waals surface area contributed by atoms with Gasteiger partial charge in [-0.15, -0.1) is 0 Å². The molecular weight excluding hydrogens is 222 g/mol. The van der Waals surface area contributed by atoms with Crippen molar-refractivity contribution in [3.05, 3.63) is 0 Å². The SMILES string of the molecule is CCCCC(NC(=O)C1(C)CCCO1)C(=O)O. The van der Waals surface area contributed by atoms with E-state index in [0.29, 0.717) is 19.4 Å². The third-order valence-electron chi connectivity index (χ3n) is 3.15. The summed E-state index contributed by atoms with van der Waals surface area (Å²) in [4.78, 5) is 23.0. The van der Waals surface area contributed by atoms with Crippen LogP contribution in [0.4, 0.5) is 0 Å². The van der Waals surface area contributed by atoms with Gasteiger partial charge >= 0.3 is 5.97 Å². The summed E-state index contributed by atoms with van der Waals surface area (Å²) in [5.74, 6) is -1.29. The van der Waals surface area contributed by atoms with Crippen molar-refractivity contribution in [2.24, 2.45) is 0 Å². The van der Waals surface area contributed by atoms with Crippen LogP contribution in [0.3, 0.4) is 0 Å². The topological polar surface area (TPSA) is 75.6 Å². The van der Waals surface area contributed by atoms with E-state index in [0.717, 1.165) is 19.3 Å². The smallest absolute Gasteiger partial charge is 0.326 e. The number of carboxylic acids is 1. The molecule has 1 aliphatic rings. The van der Waals surface area contributed by atoms with Gasteiger partial charge in [-0.1, -0.05) is 19.8 Å². The second-order valence-corrected chi connectivity index (χ2v) is 4.69. The van der Waals surface area contributed by atoms with Gasteiger partial charge in [0.25, 0.3) is 5.91 Å². The van der Waals surface area contributed by atoms with Gasteiger partial charge in [-0.2, -0.15) is 0 Å². The zero-order valence-corrected chi connectivity index (χ0v) is 10.5. The fourth-order valence-electron chi connectivity index (χ4n) is 1.93. The maximum atomic E-state index is 11.9. The number of amides is 1. The standard InChI is InChI=1S/C12H21NO4/c1-3-4-6-9(10(14)15)13-11(16)12(2)7-5-8-17-12/h9H,3-8H2,1-2H3,(H,13,16)(H,14,15). The summed E-state index contributed by atoms with van der Waals surface area (Å²) >= 11 is 0. The van der Waals surface area contributed by atoms with Gasteiger partial charge in [0.2, 0.25) is 0 Å². The van der Waals surface area contributed by atoms with E-state index in [1.54, 1.807) is 6.92 Å². The highest BCUT2D eigenvalue weighted by Gasteiger charge is 2.39. The number of carboxylic acid groups (broad SMARTS) is 1. The van der Waals surface area contributed by atoms with Gasteiger partial charge in [0, 0.05) is 6.61 Å². The van der Waals surface area contributed by atoms with Crippen LogP contribution < -0.4 is 5.32 Å². The Morgan fingerprint density at radius 1 is 1.53 bits per heavy atom. The number of ether oxygens (including phenoxy) is 1. The minimum absolute atomic E-state index is 0.307. The van der Waals surface area contributed by atoms with Crippen molar-refractivity contribution in [1.82, 2.24) is 5.32 Å². The van der Waals surface area contributed by atoms with Gasteiger partial charge in [0.1, 0.15) is 11.6 Å². The summed E-state index contributed by atoms with van der Waals surface area (Å²) in [7, 11) is 0. The second-order valence-electron chi connectivity index (χ2n) is 4.69. The van der Waals surface area contributed by atoms with Crippen molar-refractivity contribution in [3.8, 4) is 0 Å². The minimum Gasteiger partial charge on any atom is -0.480 e. The Bertz CT molecular complexity index is 284. The van der Waals surface area contributed by atoms with E-state index >= 15 is 0 Å². The lowest BCUT2D eigenvalue weighted by molar-refractivity contribution is -0.147. The molecule has 17 heavy (non-hydrogen) atoms. The molecule has 98 valence electrons. The first-order chi connectivity index (χ1) is 7.99. The summed E-state index contributed by atoms with van der Waals surface area (Å²) in [5.41, 5.74) is -0.847. The molecule has 0 aromatic heterocycles. The number of aliphatic carboxylic acids is 1. The van der Waals surface area contributed by atoms with Crippen molar-refractivity contribution in [2.75, 3.05) is 6.61 Å². The molecule has 2 atom stereocenters. The molecule has 0 bridgehead atoms. The molecule has 1 fully saturated rings. The van der Waals surface area contributed by atoms with Crippen molar-refractivity contribution >= 4 is 11.9 Å². The lowest BCUT2D eigenvalue weighted by Gasteiger charge is -2.24. The molecule has 1 heterocycles. The van der Waals surface area contributed by atoms with Crippen LogP contribution >= 0.6 is 0 Å². The van der Waals surface area contributed by atoms with E-state index in [4.69, 9.17) is 9.84 Å². The van der Waals surface area contributed by atoms with Crippen LogP contribution in [0.25, 0.3) is 0 Å². The first-order valence-corrected chi connectivity index (χ1v) is 6.17. The molecule has 2 unspecified atom stereocenters. The zero-order valence-electron chi connectivity index (χ0n) is 10.5. The average molecular weight is 243 g/mol. The van der Waals surface area contributed by atoms with Crippen molar-refractivity contribution in [2.45, 2.75) is 57.6 Å². The summed E-state index contributed by atoms with van der Waals surface area (Å²) < 4.78 is 5.38. The van der Waals surface area contributed by atoms with Crippen LogP contribution in [0.15, 0.2) is 0 Å². The zero-order chi connectivity index (χ0) is 12.9. The van der Waals surface area contributed by atoms with Crippen LogP contribution in [0.5, 0.6) is 0 Å². The Kier molecular flexibility index (Phi) is 4.93. The first kappa shape index (κ1) is 14.0. The molecule has 1 amide bonds. The fourth-order valence-corrected chi connectivity index (χ4v) is 1.93. The Hall–Kier alpha value is -1.10. The highest BCUT2D eigenvalue weighted by atomic mass is 16.5. The molecule has 1 aliphatic heterocycles. The minimum atomic E-state index is -0.978. The van der Waals surface area contributed by atoms with Gasteiger partial charge in [-0.05, 0) is 26.2 Å². The Balaban J connectivity index is 2.54. The number of hydrogen-bond donors (Lipinski definition) is 2. The van der Waals surface area contributed by atoms with Gasteiger partial charge in [-0.3, -0.25) is 4.79 Å². The molecule has 5 nitrogen and oxygen atoms in total. The van der Waals surface area contributed by atoms with Crippen molar-refractivity contribution in [3.63, 3.8) is 0 Å². The van der Waals surface area contributed by atoms with E-state index in [1.807, 2.05) is 6.92 Å². The molecule has 5 heteroatoms. The van der Waals surface area contributed by atoms with Gasteiger partial charge in [0.15, 0.2) is 0 Å². The lowest BCUT2D eigenvalue weighted by atomic mass is 10.0. The molecule has 0 saturated carbocycles. The Labute approximate surface area is 102 Å². The second kappa shape index (κ2) is 6.00. The van der Waals surface area contributed by atoms with Crippen molar-refractivity contribution in [1.29, 1.82) is 0 Å². The predicted molar refractivity (Wildman–Crippen MR) is 62.7 cm³/mol. The highest BCUT2D eigenvalue weighted by Crippen LogP contribution is 2.25. The van der Waals surface area contributed by atoms with E-state index in [2.05, 4.69) is 5.32 Å². The Morgan fingerprint density at radius 2 is 2.24 bits per heavy atom. The third-order valence-corrected chi connectivity index (χ3v) is 3.15. The van der Waals surface area contributed by atoms with E-state index < -0.39 is 17.6 Å². The summed E-state index contributed by atoms with van der Waals surface area (Å²) in [6.45, 7) is 4.27. The van der Waals surface area contributed by atoms with Crippen LogP contribution in [-0.2, 0) is 14.3 Å². The largest absolute Gasteiger partial charge is 0.480 e. The van der Waals surface area contributed by atoms with E-state index in [-0.39, 0.29) is 5.91 Å². The van der Waals surface area contributed by atoms with Gasteiger partial charge < -0.3 is 15.2 Å². The number of carbonyl (C=O) groups excluding carboxylic acids is 1. The third kappa shape index (κ3) is 3.70. The maximum Gasteiger partial charge on any atom is 0.326 e.